The Labute approximate surface area is 145 Å². The minimum absolute atomic E-state index is 0.0777. The maximum atomic E-state index is 12.2. The molecule has 2 heterocycles. The van der Waals surface area contributed by atoms with E-state index in [2.05, 4.69) is 26.6 Å². The van der Waals surface area contributed by atoms with Crippen molar-refractivity contribution in [3.8, 4) is 11.5 Å². The van der Waals surface area contributed by atoms with Gasteiger partial charge in [-0.05, 0) is 51.8 Å². The fraction of sp³-hybridized carbons (Fsp3) is 0.125. The van der Waals surface area contributed by atoms with Gasteiger partial charge < -0.3 is 24.5 Å². The fourth-order valence-corrected chi connectivity index (χ4v) is 2.39. The number of benzene rings is 1. The molecule has 0 saturated heterocycles. The Morgan fingerprint density at radius 1 is 1.17 bits per heavy atom. The van der Waals surface area contributed by atoms with Gasteiger partial charge in [0.15, 0.2) is 21.9 Å². The lowest BCUT2D eigenvalue weighted by Crippen LogP contribution is -2.32. The summed E-state index contributed by atoms with van der Waals surface area (Å²) in [6.45, 7) is 0.162. The molecule has 0 unspecified atom stereocenters. The van der Waals surface area contributed by atoms with Crippen LogP contribution < -0.4 is 20.1 Å². The standard InChI is InChI=1S/C16H13BrN2O5/c1-18-15(20)10(19-16(21)12-4-5-14(17)24-12)6-9-2-3-11-13(7-9)23-8-22-11/h2-7H,8H2,1H3,(H,18,20)(H,19,21)/b10-6-. The summed E-state index contributed by atoms with van der Waals surface area (Å²) in [6, 6.07) is 8.31. The van der Waals surface area contributed by atoms with Crippen LogP contribution in [0.15, 0.2) is 45.1 Å². The first-order valence-corrected chi connectivity index (χ1v) is 7.76. The Balaban J connectivity index is 1.86. The SMILES string of the molecule is CNC(=O)/C(=C/c1ccc2c(c1)OCO2)NC(=O)c1ccc(Br)o1. The van der Waals surface area contributed by atoms with Gasteiger partial charge in [-0.1, -0.05) is 6.07 Å². The smallest absolute Gasteiger partial charge is 0.291 e. The molecule has 24 heavy (non-hydrogen) atoms. The van der Waals surface area contributed by atoms with E-state index in [-0.39, 0.29) is 18.3 Å². The van der Waals surface area contributed by atoms with E-state index in [1.165, 1.54) is 19.2 Å². The predicted octanol–water partition coefficient (Wildman–Crippen LogP) is 2.29. The van der Waals surface area contributed by atoms with Crippen LogP contribution in [0.2, 0.25) is 0 Å². The van der Waals surface area contributed by atoms with Gasteiger partial charge >= 0.3 is 0 Å². The van der Waals surface area contributed by atoms with Crippen LogP contribution in [0.1, 0.15) is 16.1 Å². The normalized spacial score (nSPS) is 12.8. The third-order valence-corrected chi connectivity index (χ3v) is 3.65. The number of carbonyl (C=O) groups is 2. The third kappa shape index (κ3) is 3.43. The maximum Gasteiger partial charge on any atom is 0.291 e. The number of nitrogens with one attached hydrogen (secondary N) is 2. The van der Waals surface area contributed by atoms with Crippen molar-refractivity contribution in [2.24, 2.45) is 0 Å². The molecule has 1 aliphatic heterocycles. The Morgan fingerprint density at radius 2 is 1.96 bits per heavy atom. The lowest BCUT2D eigenvalue weighted by Gasteiger charge is -2.08. The molecule has 2 amide bonds. The van der Waals surface area contributed by atoms with Crippen LogP contribution in [0.25, 0.3) is 6.08 Å². The van der Waals surface area contributed by atoms with Gasteiger partial charge in [0.2, 0.25) is 6.79 Å². The van der Waals surface area contributed by atoms with Crippen molar-refractivity contribution in [1.29, 1.82) is 0 Å². The number of carbonyl (C=O) groups excluding carboxylic acids is 2. The van der Waals surface area contributed by atoms with Gasteiger partial charge in [-0.25, -0.2) is 0 Å². The summed E-state index contributed by atoms with van der Waals surface area (Å²) in [4.78, 5) is 24.2. The molecule has 7 nitrogen and oxygen atoms in total. The second-order valence-corrected chi connectivity index (χ2v) is 5.59. The zero-order chi connectivity index (χ0) is 17.1. The highest BCUT2D eigenvalue weighted by atomic mass is 79.9. The van der Waals surface area contributed by atoms with E-state index in [9.17, 15) is 9.59 Å². The predicted molar refractivity (Wildman–Crippen MR) is 88.5 cm³/mol. The highest BCUT2D eigenvalue weighted by Gasteiger charge is 2.17. The number of ether oxygens (including phenoxy) is 2. The largest absolute Gasteiger partial charge is 0.454 e. The molecule has 0 atom stereocenters. The quantitative estimate of drug-likeness (QED) is 0.779. The van der Waals surface area contributed by atoms with Crippen molar-refractivity contribution in [1.82, 2.24) is 10.6 Å². The topological polar surface area (TPSA) is 89.8 Å². The molecule has 2 aromatic rings. The molecule has 0 saturated carbocycles. The van der Waals surface area contributed by atoms with Gasteiger partial charge in [-0.3, -0.25) is 9.59 Å². The van der Waals surface area contributed by atoms with Crippen molar-refractivity contribution in [2.45, 2.75) is 0 Å². The Bertz CT molecular complexity index is 828. The Hall–Kier alpha value is -2.74. The average Bonchev–Trinajstić information content (AvgIpc) is 3.21. The molecule has 2 N–H and O–H groups in total. The number of furan rings is 1. The van der Waals surface area contributed by atoms with Crippen LogP contribution >= 0.6 is 15.9 Å². The lowest BCUT2D eigenvalue weighted by molar-refractivity contribution is -0.117. The molecular formula is C16H13BrN2O5. The number of hydrogen-bond donors (Lipinski definition) is 2. The zero-order valence-electron chi connectivity index (χ0n) is 12.6. The van der Waals surface area contributed by atoms with E-state index >= 15 is 0 Å². The molecule has 1 aromatic heterocycles. The molecule has 0 fully saturated rings. The van der Waals surface area contributed by atoms with Crippen LogP contribution in [-0.2, 0) is 4.79 Å². The first kappa shape index (κ1) is 16.1. The number of hydrogen-bond acceptors (Lipinski definition) is 5. The van der Waals surface area contributed by atoms with Crippen molar-refractivity contribution in [3.05, 3.63) is 52.0 Å². The van der Waals surface area contributed by atoms with Crippen LogP contribution in [-0.4, -0.2) is 25.7 Å². The first-order valence-electron chi connectivity index (χ1n) is 6.97. The van der Waals surface area contributed by atoms with E-state index < -0.39 is 11.8 Å². The summed E-state index contributed by atoms with van der Waals surface area (Å²) < 4.78 is 16.1. The number of fused-ring (bicyclic) bond motifs is 1. The van der Waals surface area contributed by atoms with E-state index in [0.717, 1.165) is 0 Å². The van der Waals surface area contributed by atoms with Gasteiger partial charge in [-0.2, -0.15) is 0 Å². The highest BCUT2D eigenvalue weighted by molar-refractivity contribution is 9.10. The fourth-order valence-electron chi connectivity index (χ4n) is 2.08. The van der Waals surface area contributed by atoms with E-state index in [1.807, 2.05) is 0 Å². The molecule has 0 aliphatic carbocycles. The van der Waals surface area contributed by atoms with Crippen molar-refractivity contribution >= 4 is 33.8 Å². The van der Waals surface area contributed by atoms with Crippen LogP contribution in [0, 0.1) is 0 Å². The lowest BCUT2D eigenvalue weighted by atomic mass is 10.1. The summed E-state index contributed by atoms with van der Waals surface area (Å²) >= 11 is 3.13. The summed E-state index contributed by atoms with van der Waals surface area (Å²) in [5.41, 5.74) is 0.757. The molecule has 3 rings (SSSR count). The van der Waals surface area contributed by atoms with Gasteiger partial charge in [-0.15, -0.1) is 0 Å². The third-order valence-electron chi connectivity index (χ3n) is 3.22. The van der Waals surface area contributed by atoms with Crippen LogP contribution in [0.5, 0.6) is 11.5 Å². The minimum atomic E-state index is -0.531. The molecule has 8 heteroatoms. The molecule has 1 aromatic carbocycles. The molecule has 0 spiro atoms. The van der Waals surface area contributed by atoms with Gasteiger partial charge in [0, 0.05) is 7.05 Å². The van der Waals surface area contributed by atoms with Gasteiger partial charge in [0.05, 0.1) is 0 Å². The van der Waals surface area contributed by atoms with E-state index in [1.54, 1.807) is 24.3 Å². The molecular weight excluding hydrogens is 380 g/mol. The zero-order valence-corrected chi connectivity index (χ0v) is 14.2. The van der Waals surface area contributed by atoms with Gasteiger partial charge in [0.25, 0.3) is 11.8 Å². The van der Waals surface area contributed by atoms with Crippen molar-refractivity contribution in [2.75, 3.05) is 13.8 Å². The van der Waals surface area contributed by atoms with Crippen LogP contribution in [0.3, 0.4) is 0 Å². The number of likely N-dealkylation sites (N-methyl/N-ethyl adjacent to an activating group) is 1. The first-order chi connectivity index (χ1) is 11.6. The molecule has 0 bridgehead atoms. The maximum absolute atomic E-state index is 12.2. The minimum Gasteiger partial charge on any atom is -0.454 e. The number of amides is 2. The highest BCUT2D eigenvalue weighted by Crippen LogP contribution is 2.33. The summed E-state index contributed by atoms with van der Waals surface area (Å²) in [6.07, 6.45) is 1.54. The van der Waals surface area contributed by atoms with E-state index in [4.69, 9.17) is 13.9 Å². The summed E-state index contributed by atoms with van der Waals surface area (Å²) in [7, 11) is 1.48. The van der Waals surface area contributed by atoms with Crippen molar-refractivity contribution in [3.63, 3.8) is 0 Å². The molecule has 0 radical (unpaired) electrons. The second-order valence-electron chi connectivity index (χ2n) is 4.81. The number of halogens is 1. The number of rotatable bonds is 4. The summed E-state index contributed by atoms with van der Waals surface area (Å²) in [5, 5.41) is 5.02. The average molecular weight is 393 g/mol. The molecule has 124 valence electrons. The Morgan fingerprint density at radius 3 is 2.67 bits per heavy atom. The summed E-state index contributed by atoms with van der Waals surface area (Å²) in [5.74, 6) is 0.338. The molecule has 1 aliphatic rings. The van der Waals surface area contributed by atoms with Crippen molar-refractivity contribution < 1.29 is 23.5 Å². The van der Waals surface area contributed by atoms with Gasteiger partial charge in [0.1, 0.15) is 5.70 Å². The second kappa shape index (κ2) is 6.79. The van der Waals surface area contributed by atoms with Crippen LogP contribution in [0.4, 0.5) is 0 Å². The van der Waals surface area contributed by atoms with E-state index in [0.29, 0.717) is 21.7 Å². The monoisotopic (exact) mass is 392 g/mol. The Kier molecular flexibility index (Phi) is 4.57.